The number of nitrogens with one attached hydrogen (secondary N) is 1. The zero-order chi connectivity index (χ0) is 22.7. The number of thiocarbonyl (C=S) groups is 1. The second-order valence-electron chi connectivity index (χ2n) is 7.35. The van der Waals surface area contributed by atoms with Crippen LogP contribution in [0.2, 0.25) is 0 Å². The van der Waals surface area contributed by atoms with Crippen molar-refractivity contribution in [1.29, 1.82) is 0 Å². The van der Waals surface area contributed by atoms with Crippen LogP contribution >= 0.6 is 12.2 Å². The molecule has 1 fully saturated rings. The molecule has 2 amide bonds. The highest BCUT2D eigenvalue weighted by atomic mass is 32.1. The third-order valence-electron chi connectivity index (χ3n) is 4.90. The predicted molar refractivity (Wildman–Crippen MR) is 130 cm³/mol. The molecule has 3 aromatic rings. The SMILES string of the molecule is CN(C)c1ccc(/C=C2\C(=O)NC(=S)N(c3ccc(Oc4ccccc4)cc3)C2=O)cc1. The maximum absolute atomic E-state index is 13.2. The molecule has 0 unspecified atom stereocenters. The minimum Gasteiger partial charge on any atom is -0.457 e. The minimum atomic E-state index is -0.517. The van der Waals surface area contributed by atoms with Gasteiger partial charge in [-0.3, -0.25) is 19.8 Å². The molecule has 0 atom stereocenters. The summed E-state index contributed by atoms with van der Waals surface area (Å²) in [6.45, 7) is 0. The molecule has 0 spiro atoms. The van der Waals surface area contributed by atoms with Crippen LogP contribution in [0.3, 0.4) is 0 Å². The summed E-state index contributed by atoms with van der Waals surface area (Å²) in [5, 5.41) is 2.64. The van der Waals surface area contributed by atoms with Gasteiger partial charge in [-0.05, 0) is 72.4 Å². The highest BCUT2D eigenvalue weighted by Gasteiger charge is 2.34. The van der Waals surface area contributed by atoms with Crippen molar-refractivity contribution in [2.75, 3.05) is 23.9 Å². The summed E-state index contributed by atoms with van der Waals surface area (Å²) in [6.07, 6.45) is 1.57. The van der Waals surface area contributed by atoms with E-state index in [0.29, 0.717) is 17.2 Å². The van der Waals surface area contributed by atoms with Crippen LogP contribution in [0.5, 0.6) is 11.5 Å². The minimum absolute atomic E-state index is 0.0146. The normalized spacial score (nSPS) is 15.0. The third kappa shape index (κ3) is 4.53. The first-order chi connectivity index (χ1) is 15.4. The Kier molecular flexibility index (Phi) is 6.00. The second-order valence-corrected chi connectivity index (χ2v) is 7.74. The summed E-state index contributed by atoms with van der Waals surface area (Å²) < 4.78 is 5.80. The summed E-state index contributed by atoms with van der Waals surface area (Å²) in [4.78, 5) is 28.9. The van der Waals surface area contributed by atoms with Gasteiger partial charge in [-0.2, -0.15) is 0 Å². The lowest BCUT2D eigenvalue weighted by molar-refractivity contribution is -0.122. The van der Waals surface area contributed by atoms with Gasteiger partial charge in [0.25, 0.3) is 11.8 Å². The van der Waals surface area contributed by atoms with E-state index in [4.69, 9.17) is 17.0 Å². The molecule has 1 aliphatic heterocycles. The topological polar surface area (TPSA) is 61.9 Å². The molecule has 1 heterocycles. The molecule has 0 bridgehead atoms. The van der Waals surface area contributed by atoms with Crippen LogP contribution in [0.25, 0.3) is 6.08 Å². The van der Waals surface area contributed by atoms with E-state index < -0.39 is 11.8 Å². The van der Waals surface area contributed by atoms with Crippen LogP contribution in [-0.2, 0) is 9.59 Å². The summed E-state index contributed by atoms with van der Waals surface area (Å²) in [7, 11) is 3.89. The Morgan fingerprint density at radius 2 is 1.50 bits per heavy atom. The first kappa shape index (κ1) is 21.3. The molecule has 1 saturated heterocycles. The van der Waals surface area contributed by atoms with Crippen molar-refractivity contribution in [3.63, 3.8) is 0 Å². The largest absolute Gasteiger partial charge is 0.457 e. The Morgan fingerprint density at radius 3 is 2.12 bits per heavy atom. The first-order valence-electron chi connectivity index (χ1n) is 9.94. The van der Waals surface area contributed by atoms with Gasteiger partial charge in [0.05, 0.1) is 5.69 Å². The maximum atomic E-state index is 13.2. The molecule has 1 N–H and O–H groups in total. The Balaban J connectivity index is 1.58. The number of ether oxygens (including phenoxy) is 1. The number of carbonyl (C=O) groups is 2. The first-order valence-corrected chi connectivity index (χ1v) is 10.3. The van der Waals surface area contributed by atoms with Gasteiger partial charge in [-0.25, -0.2) is 0 Å². The van der Waals surface area contributed by atoms with E-state index in [-0.39, 0.29) is 10.7 Å². The molecule has 7 heteroatoms. The van der Waals surface area contributed by atoms with E-state index in [1.165, 1.54) is 4.90 Å². The molecule has 3 aromatic carbocycles. The van der Waals surface area contributed by atoms with Gasteiger partial charge in [0, 0.05) is 19.8 Å². The van der Waals surface area contributed by atoms with Gasteiger partial charge in [0.1, 0.15) is 17.1 Å². The standard InChI is InChI=1S/C25H21N3O3S/c1-27(2)18-10-8-17(9-11-18)16-22-23(29)26-25(32)28(24(22)30)19-12-14-21(15-13-19)31-20-6-4-3-5-7-20/h3-16H,1-2H3,(H,26,29,32)/b22-16+. The maximum Gasteiger partial charge on any atom is 0.270 e. The molecule has 0 saturated carbocycles. The summed E-state index contributed by atoms with van der Waals surface area (Å²) in [5.74, 6) is 0.336. The number of benzene rings is 3. The summed E-state index contributed by atoms with van der Waals surface area (Å²) in [6, 6.07) is 23.9. The highest BCUT2D eigenvalue weighted by Crippen LogP contribution is 2.27. The van der Waals surface area contributed by atoms with Crippen molar-refractivity contribution >= 4 is 46.6 Å². The molecule has 0 radical (unpaired) electrons. The molecule has 0 aromatic heterocycles. The van der Waals surface area contributed by atoms with E-state index in [0.717, 1.165) is 11.3 Å². The van der Waals surface area contributed by atoms with Crippen molar-refractivity contribution in [2.45, 2.75) is 0 Å². The number of hydrogen-bond donors (Lipinski definition) is 1. The molecule has 4 rings (SSSR count). The van der Waals surface area contributed by atoms with Crippen molar-refractivity contribution in [1.82, 2.24) is 5.32 Å². The molecule has 1 aliphatic rings. The van der Waals surface area contributed by atoms with Crippen molar-refractivity contribution in [2.24, 2.45) is 0 Å². The molecule has 160 valence electrons. The number of anilines is 2. The average Bonchev–Trinajstić information content (AvgIpc) is 2.79. The van der Waals surface area contributed by atoms with Crippen LogP contribution in [-0.4, -0.2) is 31.0 Å². The monoisotopic (exact) mass is 443 g/mol. The molecule has 0 aliphatic carbocycles. The number of carbonyl (C=O) groups excluding carboxylic acids is 2. The van der Waals surface area contributed by atoms with Gasteiger partial charge < -0.3 is 9.64 Å². The van der Waals surface area contributed by atoms with Gasteiger partial charge in [0.2, 0.25) is 0 Å². The van der Waals surface area contributed by atoms with Crippen LogP contribution in [0.1, 0.15) is 5.56 Å². The van der Waals surface area contributed by atoms with Gasteiger partial charge in [-0.15, -0.1) is 0 Å². The lowest BCUT2D eigenvalue weighted by Gasteiger charge is -2.29. The highest BCUT2D eigenvalue weighted by molar-refractivity contribution is 7.80. The molecular formula is C25H21N3O3S. The van der Waals surface area contributed by atoms with E-state index in [2.05, 4.69) is 5.32 Å². The third-order valence-corrected chi connectivity index (χ3v) is 5.18. The van der Waals surface area contributed by atoms with E-state index in [1.807, 2.05) is 73.6 Å². The molecule has 32 heavy (non-hydrogen) atoms. The van der Waals surface area contributed by atoms with Crippen molar-refractivity contribution < 1.29 is 14.3 Å². The van der Waals surface area contributed by atoms with Crippen LogP contribution in [0.15, 0.2) is 84.4 Å². The Hall–Kier alpha value is -3.97. The fourth-order valence-electron chi connectivity index (χ4n) is 3.22. The zero-order valence-corrected chi connectivity index (χ0v) is 18.4. The number of hydrogen-bond acceptors (Lipinski definition) is 5. The smallest absolute Gasteiger partial charge is 0.270 e. The average molecular weight is 444 g/mol. The van der Waals surface area contributed by atoms with Crippen LogP contribution < -0.4 is 19.9 Å². The Morgan fingerprint density at radius 1 is 0.875 bits per heavy atom. The van der Waals surface area contributed by atoms with Crippen LogP contribution in [0, 0.1) is 0 Å². The molecule has 6 nitrogen and oxygen atoms in total. The van der Waals surface area contributed by atoms with Crippen molar-refractivity contribution in [3.05, 3.63) is 90.0 Å². The zero-order valence-electron chi connectivity index (χ0n) is 17.6. The fraction of sp³-hybridized carbons (Fsp3) is 0.0800. The van der Waals surface area contributed by atoms with Crippen LogP contribution in [0.4, 0.5) is 11.4 Å². The molecular weight excluding hydrogens is 422 g/mol. The van der Waals surface area contributed by atoms with Gasteiger partial charge in [0.15, 0.2) is 5.11 Å². The lowest BCUT2D eigenvalue weighted by Crippen LogP contribution is -2.54. The fourth-order valence-corrected chi connectivity index (χ4v) is 3.50. The van der Waals surface area contributed by atoms with Crippen molar-refractivity contribution in [3.8, 4) is 11.5 Å². The Labute approximate surface area is 191 Å². The predicted octanol–water partition coefficient (Wildman–Crippen LogP) is 4.38. The van der Waals surface area contributed by atoms with E-state index >= 15 is 0 Å². The van der Waals surface area contributed by atoms with Gasteiger partial charge >= 0.3 is 0 Å². The number of amides is 2. The number of para-hydroxylation sites is 1. The Bertz CT molecular complexity index is 1190. The lowest BCUT2D eigenvalue weighted by atomic mass is 10.1. The second kappa shape index (κ2) is 9.03. The number of rotatable bonds is 5. The summed E-state index contributed by atoms with van der Waals surface area (Å²) in [5.41, 5.74) is 2.32. The van der Waals surface area contributed by atoms with Gasteiger partial charge in [-0.1, -0.05) is 30.3 Å². The van der Waals surface area contributed by atoms with E-state index in [9.17, 15) is 9.59 Å². The van der Waals surface area contributed by atoms with E-state index in [1.54, 1.807) is 30.3 Å². The number of nitrogens with zero attached hydrogens (tertiary/aromatic N) is 2. The quantitative estimate of drug-likeness (QED) is 0.360. The summed E-state index contributed by atoms with van der Waals surface area (Å²) >= 11 is 5.27.